The second-order valence-electron chi connectivity index (χ2n) is 3.92. The first-order valence-electron chi connectivity index (χ1n) is 5.95. The molecule has 0 aliphatic heterocycles. The molecule has 4 heteroatoms. The van der Waals surface area contributed by atoms with Gasteiger partial charge in [0.05, 0.1) is 10.2 Å². The smallest absolute Gasteiger partial charge is 0.144 e. The molecule has 0 radical (unpaired) electrons. The molecule has 3 nitrogen and oxygen atoms in total. The van der Waals surface area contributed by atoms with Gasteiger partial charge < -0.3 is 5.32 Å². The molecule has 1 heterocycles. The van der Waals surface area contributed by atoms with Crippen LogP contribution in [0.2, 0.25) is 0 Å². The molecule has 0 aliphatic carbocycles. The summed E-state index contributed by atoms with van der Waals surface area (Å²) in [6, 6.07) is 0. The maximum atomic E-state index is 4.54. The van der Waals surface area contributed by atoms with Crippen molar-refractivity contribution in [3.8, 4) is 0 Å². The summed E-state index contributed by atoms with van der Waals surface area (Å²) in [5, 5.41) is 3.32. The predicted molar refractivity (Wildman–Crippen MR) is 71.9 cm³/mol. The third-order valence-electron chi connectivity index (χ3n) is 2.36. The van der Waals surface area contributed by atoms with Crippen molar-refractivity contribution in [1.82, 2.24) is 9.97 Å². The molecule has 0 fully saturated rings. The standard InChI is InChI=1S/C12H20BrN3/c1-4-6-7-10-15-9(3)11(13)12(16-10)14-8-5-2/h4-8H2,1-3H3,(H,14,15,16). The average Bonchev–Trinajstić information content (AvgIpc) is 2.28. The Kier molecular flexibility index (Phi) is 5.74. The lowest BCUT2D eigenvalue weighted by Gasteiger charge is -2.10. The Morgan fingerprint density at radius 3 is 2.56 bits per heavy atom. The summed E-state index contributed by atoms with van der Waals surface area (Å²) < 4.78 is 0.987. The molecular formula is C12H20BrN3. The number of hydrogen-bond acceptors (Lipinski definition) is 3. The summed E-state index contributed by atoms with van der Waals surface area (Å²) in [5.74, 6) is 1.88. The van der Waals surface area contributed by atoms with E-state index in [4.69, 9.17) is 0 Å². The Balaban J connectivity index is 2.83. The van der Waals surface area contributed by atoms with Crippen LogP contribution in [0.25, 0.3) is 0 Å². The van der Waals surface area contributed by atoms with Crippen LogP contribution >= 0.6 is 15.9 Å². The zero-order chi connectivity index (χ0) is 12.0. The highest BCUT2D eigenvalue weighted by atomic mass is 79.9. The fourth-order valence-electron chi connectivity index (χ4n) is 1.42. The Labute approximate surface area is 106 Å². The zero-order valence-electron chi connectivity index (χ0n) is 10.3. The number of anilines is 1. The number of aryl methyl sites for hydroxylation is 2. The van der Waals surface area contributed by atoms with Crippen LogP contribution in [0.5, 0.6) is 0 Å². The van der Waals surface area contributed by atoms with Crippen LogP contribution in [-0.2, 0) is 6.42 Å². The van der Waals surface area contributed by atoms with Gasteiger partial charge in [-0.3, -0.25) is 0 Å². The topological polar surface area (TPSA) is 37.8 Å². The van der Waals surface area contributed by atoms with Crippen molar-refractivity contribution in [3.63, 3.8) is 0 Å². The van der Waals surface area contributed by atoms with E-state index in [0.717, 1.165) is 47.6 Å². The summed E-state index contributed by atoms with van der Waals surface area (Å²) in [4.78, 5) is 9.02. The van der Waals surface area contributed by atoms with Crippen molar-refractivity contribution >= 4 is 21.7 Å². The van der Waals surface area contributed by atoms with E-state index in [9.17, 15) is 0 Å². The van der Waals surface area contributed by atoms with Gasteiger partial charge in [-0.1, -0.05) is 20.3 Å². The number of aromatic nitrogens is 2. The SMILES string of the molecule is CCCCc1nc(C)c(Br)c(NCCC)n1. The van der Waals surface area contributed by atoms with Gasteiger partial charge in [-0.25, -0.2) is 9.97 Å². The van der Waals surface area contributed by atoms with Crippen molar-refractivity contribution in [3.05, 3.63) is 16.0 Å². The molecule has 0 saturated heterocycles. The van der Waals surface area contributed by atoms with E-state index < -0.39 is 0 Å². The molecule has 16 heavy (non-hydrogen) atoms. The van der Waals surface area contributed by atoms with Gasteiger partial charge in [0, 0.05) is 13.0 Å². The van der Waals surface area contributed by atoms with Gasteiger partial charge in [-0.05, 0) is 35.7 Å². The number of rotatable bonds is 6. The van der Waals surface area contributed by atoms with E-state index in [1.807, 2.05) is 6.92 Å². The summed E-state index contributed by atoms with van der Waals surface area (Å²) >= 11 is 3.53. The van der Waals surface area contributed by atoms with E-state index >= 15 is 0 Å². The quantitative estimate of drug-likeness (QED) is 0.866. The first-order chi connectivity index (χ1) is 7.69. The average molecular weight is 286 g/mol. The van der Waals surface area contributed by atoms with E-state index in [0.29, 0.717) is 0 Å². The lowest BCUT2D eigenvalue weighted by Crippen LogP contribution is -2.07. The molecule has 1 rings (SSSR count). The van der Waals surface area contributed by atoms with Crippen LogP contribution in [0.15, 0.2) is 4.47 Å². The maximum Gasteiger partial charge on any atom is 0.144 e. The molecule has 0 unspecified atom stereocenters. The zero-order valence-corrected chi connectivity index (χ0v) is 11.9. The van der Waals surface area contributed by atoms with Crippen molar-refractivity contribution in [2.75, 3.05) is 11.9 Å². The fourth-order valence-corrected chi connectivity index (χ4v) is 1.74. The second kappa shape index (κ2) is 6.84. The number of halogens is 1. The highest BCUT2D eigenvalue weighted by Crippen LogP contribution is 2.23. The van der Waals surface area contributed by atoms with Crippen molar-refractivity contribution in [2.45, 2.75) is 46.5 Å². The van der Waals surface area contributed by atoms with Crippen LogP contribution in [-0.4, -0.2) is 16.5 Å². The maximum absolute atomic E-state index is 4.54. The molecular weight excluding hydrogens is 266 g/mol. The van der Waals surface area contributed by atoms with E-state index in [-0.39, 0.29) is 0 Å². The fraction of sp³-hybridized carbons (Fsp3) is 0.667. The van der Waals surface area contributed by atoms with Crippen molar-refractivity contribution in [1.29, 1.82) is 0 Å². The third-order valence-corrected chi connectivity index (χ3v) is 3.31. The van der Waals surface area contributed by atoms with Gasteiger partial charge in [0.15, 0.2) is 0 Å². The van der Waals surface area contributed by atoms with Gasteiger partial charge in [-0.15, -0.1) is 0 Å². The number of unbranched alkanes of at least 4 members (excludes halogenated alkanes) is 1. The molecule has 0 atom stereocenters. The van der Waals surface area contributed by atoms with Gasteiger partial charge >= 0.3 is 0 Å². The van der Waals surface area contributed by atoms with Crippen LogP contribution in [0.3, 0.4) is 0 Å². The molecule has 1 aromatic rings. The molecule has 1 aromatic heterocycles. The number of nitrogens with zero attached hydrogens (tertiary/aromatic N) is 2. The molecule has 0 aromatic carbocycles. The lowest BCUT2D eigenvalue weighted by atomic mass is 10.2. The molecule has 0 amide bonds. The van der Waals surface area contributed by atoms with Gasteiger partial charge in [0.2, 0.25) is 0 Å². The Bertz CT molecular complexity index is 339. The van der Waals surface area contributed by atoms with Crippen molar-refractivity contribution in [2.24, 2.45) is 0 Å². The first kappa shape index (κ1) is 13.4. The van der Waals surface area contributed by atoms with E-state index in [1.165, 1.54) is 6.42 Å². The molecule has 0 aliphatic rings. The van der Waals surface area contributed by atoms with Crippen LogP contribution in [0, 0.1) is 6.92 Å². The van der Waals surface area contributed by atoms with Crippen molar-refractivity contribution < 1.29 is 0 Å². The van der Waals surface area contributed by atoms with Crippen LogP contribution in [0.1, 0.15) is 44.6 Å². The minimum atomic E-state index is 0.931. The number of nitrogens with one attached hydrogen (secondary N) is 1. The van der Waals surface area contributed by atoms with Gasteiger partial charge in [-0.2, -0.15) is 0 Å². The molecule has 0 saturated carbocycles. The minimum absolute atomic E-state index is 0.931. The first-order valence-corrected chi connectivity index (χ1v) is 6.75. The van der Waals surface area contributed by atoms with Gasteiger partial charge in [0.25, 0.3) is 0 Å². The molecule has 1 N–H and O–H groups in total. The Morgan fingerprint density at radius 2 is 1.94 bits per heavy atom. The lowest BCUT2D eigenvalue weighted by molar-refractivity contribution is 0.746. The summed E-state index contributed by atoms with van der Waals surface area (Å²) in [6.07, 6.45) is 4.38. The molecule has 90 valence electrons. The second-order valence-corrected chi connectivity index (χ2v) is 4.71. The highest BCUT2D eigenvalue weighted by molar-refractivity contribution is 9.10. The normalized spacial score (nSPS) is 10.5. The minimum Gasteiger partial charge on any atom is -0.369 e. The highest BCUT2D eigenvalue weighted by Gasteiger charge is 2.08. The predicted octanol–water partition coefficient (Wildman–Crippen LogP) is 3.71. The molecule has 0 bridgehead atoms. The monoisotopic (exact) mass is 285 g/mol. The van der Waals surface area contributed by atoms with Crippen LogP contribution in [0.4, 0.5) is 5.82 Å². The van der Waals surface area contributed by atoms with Crippen LogP contribution < -0.4 is 5.32 Å². The van der Waals surface area contributed by atoms with E-state index in [2.05, 4.69) is 45.1 Å². The third kappa shape index (κ3) is 3.74. The summed E-state index contributed by atoms with van der Waals surface area (Å²) in [6.45, 7) is 7.29. The number of hydrogen-bond donors (Lipinski definition) is 1. The Morgan fingerprint density at radius 1 is 1.19 bits per heavy atom. The largest absolute Gasteiger partial charge is 0.369 e. The van der Waals surface area contributed by atoms with E-state index in [1.54, 1.807) is 0 Å². The summed E-state index contributed by atoms with van der Waals surface area (Å²) in [7, 11) is 0. The molecule has 0 spiro atoms. The summed E-state index contributed by atoms with van der Waals surface area (Å²) in [5.41, 5.74) is 1.01. The Hall–Kier alpha value is -0.640. The van der Waals surface area contributed by atoms with Gasteiger partial charge in [0.1, 0.15) is 11.6 Å².